The van der Waals surface area contributed by atoms with Crippen molar-refractivity contribution in [1.82, 2.24) is 10.2 Å². The van der Waals surface area contributed by atoms with Crippen LogP contribution >= 0.6 is 11.8 Å². The Labute approximate surface area is 171 Å². The van der Waals surface area contributed by atoms with E-state index in [-0.39, 0.29) is 24.9 Å². The van der Waals surface area contributed by atoms with Gasteiger partial charge in [-0.3, -0.25) is 14.5 Å². The summed E-state index contributed by atoms with van der Waals surface area (Å²) < 4.78 is 0. The van der Waals surface area contributed by atoms with E-state index in [0.717, 1.165) is 10.6 Å². The molecule has 6 heteroatoms. The summed E-state index contributed by atoms with van der Waals surface area (Å²) in [5, 5.41) is 5.65. The van der Waals surface area contributed by atoms with E-state index in [4.69, 9.17) is 0 Å². The number of rotatable bonds is 9. The Morgan fingerprint density at radius 3 is 2.14 bits per heavy atom. The molecule has 0 unspecified atom stereocenters. The number of hydrogen-bond acceptors (Lipinski definition) is 4. The first-order valence-electron chi connectivity index (χ1n) is 9.55. The summed E-state index contributed by atoms with van der Waals surface area (Å²) in [7, 11) is 0. The lowest BCUT2D eigenvalue weighted by Crippen LogP contribution is -2.40. The van der Waals surface area contributed by atoms with Crippen LogP contribution in [0, 0.1) is 13.8 Å². The Morgan fingerprint density at radius 1 is 0.893 bits per heavy atom. The molecule has 5 nitrogen and oxygen atoms in total. The Hall–Kier alpha value is -2.31. The molecule has 28 heavy (non-hydrogen) atoms. The monoisotopic (exact) mass is 399 g/mol. The van der Waals surface area contributed by atoms with E-state index < -0.39 is 0 Å². The van der Waals surface area contributed by atoms with Gasteiger partial charge in [-0.15, -0.1) is 0 Å². The fourth-order valence-corrected chi connectivity index (χ4v) is 3.58. The number of amides is 2. The summed E-state index contributed by atoms with van der Waals surface area (Å²) in [6.07, 6.45) is 0. The van der Waals surface area contributed by atoms with Gasteiger partial charge in [0.15, 0.2) is 0 Å². The topological polar surface area (TPSA) is 61.4 Å². The highest BCUT2D eigenvalue weighted by Crippen LogP contribution is 2.29. The predicted molar refractivity (Wildman–Crippen MR) is 116 cm³/mol. The zero-order chi connectivity index (χ0) is 20.5. The number of nitrogens with one attached hydrogen (secondary N) is 2. The standard InChI is InChI=1S/C22H29N3O2S/c1-5-23-21(26)14-25(6-2)15-22(27)24-18-8-11-19(12-9-18)28-20-10-7-16(3)17(4)13-20/h7-13H,5-6,14-15H2,1-4H3,(H,23,26)(H,24,27). The molecule has 2 aromatic rings. The second-order valence-corrected chi connectivity index (χ2v) is 7.82. The fourth-order valence-electron chi connectivity index (χ4n) is 2.66. The molecular formula is C22H29N3O2S. The molecule has 150 valence electrons. The molecular weight excluding hydrogens is 370 g/mol. The highest BCUT2D eigenvalue weighted by Gasteiger charge is 2.13. The largest absolute Gasteiger partial charge is 0.355 e. The zero-order valence-electron chi connectivity index (χ0n) is 17.0. The predicted octanol–water partition coefficient (Wildman–Crippen LogP) is 3.85. The molecule has 2 rings (SSSR count). The number of carbonyl (C=O) groups is 2. The maximum Gasteiger partial charge on any atom is 0.238 e. The summed E-state index contributed by atoms with van der Waals surface area (Å²) in [6, 6.07) is 14.2. The first kappa shape index (κ1) is 22.0. The Morgan fingerprint density at radius 2 is 1.54 bits per heavy atom. The van der Waals surface area contributed by atoms with Crippen LogP contribution < -0.4 is 10.6 Å². The number of benzene rings is 2. The minimum atomic E-state index is -0.124. The molecule has 0 spiro atoms. The van der Waals surface area contributed by atoms with E-state index in [1.165, 1.54) is 16.0 Å². The van der Waals surface area contributed by atoms with Gasteiger partial charge in [-0.05, 0) is 74.8 Å². The fraction of sp³-hybridized carbons (Fsp3) is 0.364. The molecule has 2 amide bonds. The molecule has 0 radical (unpaired) electrons. The van der Waals surface area contributed by atoms with Crippen LogP contribution in [-0.2, 0) is 9.59 Å². The molecule has 0 saturated carbocycles. The van der Waals surface area contributed by atoms with Crippen LogP contribution in [0.1, 0.15) is 25.0 Å². The lowest BCUT2D eigenvalue weighted by Gasteiger charge is -2.19. The molecule has 0 aromatic heterocycles. The number of anilines is 1. The maximum absolute atomic E-state index is 12.3. The molecule has 0 aliphatic rings. The van der Waals surface area contributed by atoms with Gasteiger partial charge < -0.3 is 10.6 Å². The van der Waals surface area contributed by atoms with Crippen molar-refractivity contribution in [3.63, 3.8) is 0 Å². The summed E-state index contributed by atoms with van der Waals surface area (Å²) >= 11 is 1.70. The van der Waals surface area contributed by atoms with Crippen LogP contribution in [0.15, 0.2) is 52.3 Å². The average Bonchev–Trinajstić information content (AvgIpc) is 2.66. The molecule has 0 aliphatic heterocycles. The highest BCUT2D eigenvalue weighted by molar-refractivity contribution is 7.99. The second kappa shape index (κ2) is 10.9. The van der Waals surface area contributed by atoms with Gasteiger partial charge in [0.1, 0.15) is 0 Å². The smallest absolute Gasteiger partial charge is 0.238 e. The number of carbonyl (C=O) groups excluding carboxylic acids is 2. The van der Waals surface area contributed by atoms with Crippen molar-refractivity contribution in [3.8, 4) is 0 Å². The molecule has 0 fully saturated rings. The van der Waals surface area contributed by atoms with Crippen molar-refractivity contribution in [3.05, 3.63) is 53.6 Å². The van der Waals surface area contributed by atoms with Crippen LogP contribution in [0.4, 0.5) is 5.69 Å². The SMILES string of the molecule is CCNC(=O)CN(CC)CC(=O)Nc1ccc(Sc2ccc(C)c(C)c2)cc1. The summed E-state index contributed by atoms with van der Waals surface area (Å²) in [4.78, 5) is 28.1. The van der Waals surface area contributed by atoms with E-state index in [1.54, 1.807) is 11.8 Å². The Balaban J connectivity index is 1.89. The van der Waals surface area contributed by atoms with Crippen molar-refractivity contribution >= 4 is 29.3 Å². The number of nitrogens with zero attached hydrogens (tertiary/aromatic N) is 1. The van der Waals surface area contributed by atoms with Crippen molar-refractivity contribution in [2.45, 2.75) is 37.5 Å². The van der Waals surface area contributed by atoms with E-state index in [9.17, 15) is 9.59 Å². The molecule has 0 heterocycles. The van der Waals surface area contributed by atoms with Crippen LogP contribution in [0.5, 0.6) is 0 Å². The first-order chi connectivity index (χ1) is 13.4. The number of likely N-dealkylation sites (N-methyl/N-ethyl adjacent to an activating group) is 2. The molecule has 0 atom stereocenters. The van der Waals surface area contributed by atoms with Crippen LogP contribution in [-0.4, -0.2) is 42.9 Å². The third kappa shape index (κ3) is 7.02. The molecule has 0 saturated heterocycles. The van der Waals surface area contributed by atoms with Gasteiger partial charge in [-0.2, -0.15) is 0 Å². The van der Waals surface area contributed by atoms with Gasteiger partial charge in [0.2, 0.25) is 11.8 Å². The average molecular weight is 400 g/mol. The van der Waals surface area contributed by atoms with Crippen LogP contribution in [0.3, 0.4) is 0 Å². The van der Waals surface area contributed by atoms with E-state index >= 15 is 0 Å². The minimum Gasteiger partial charge on any atom is -0.355 e. The minimum absolute atomic E-state index is 0.0649. The van der Waals surface area contributed by atoms with Gasteiger partial charge in [-0.1, -0.05) is 24.8 Å². The van der Waals surface area contributed by atoms with E-state index in [1.807, 2.05) is 43.0 Å². The molecule has 0 aliphatic carbocycles. The first-order valence-corrected chi connectivity index (χ1v) is 10.4. The van der Waals surface area contributed by atoms with Gasteiger partial charge in [0.05, 0.1) is 13.1 Å². The van der Waals surface area contributed by atoms with Gasteiger partial charge in [0, 0.05) is 22.0 Å². The summed E-state index contributed by atoms with van der Waals surface area (Å²) in [5.41, 5.74) is 3.32. The van der Waals surface area contributed by atoms with Crippen LogP contribution in [0.2, 0.25) is 0 Å². The van der Waals surface area contributed by atoms with Gasteiger partial charge >= 0.3 is 0 Å². The highest BCUT2D eigenvalue weighted by atomic mass is 32.2. The molecule has 0 bridgehead atoms. The second-order valence-electron chi connectivity index (χ2n) is 6.68. The third-order valence-corrected chi connectivity index (χ3v) is 5.41. The van der Waals surface area contributed by atoms with Gasteiger partial charge in [-0.25, -0.2) is 0 Å². The summed E-state index contributed by atoms with van der Waals surface area (Å²) in [6.45, 7) is 9.68. The zero-order valence-corrected chi connectivity index (χ0v) is 17.9. The normalized spacial score (nSPS) is 10.8. The van der Waals surface area contributed by atoms with Crippen molar-refractivity contribution in [2.75, 3.05) is 31.5 Å². The number of hydrogen-bond donors (Lipinski definition) is 2. The van der Waals surface area contributed by atoms with Crippen molar-refractivity contribution in [1.29, 1.82) is 0 Å². The number of aryl methyl sites for hydroxylation is 2. The Kier molecular flexibility index (Phi) is 8.54. The van der Waals surface area contributed by atoms with E-state index in [2.05, 4.69) is 42.7 Å². The van der Waals surface area contributed by atoms with Gasteiger partial charge in [0.25, 0.3) is 0 Å². The summed E-state index contributed by atoms with van der Waals surface area (Å²) in [5.74, 6) is -0.189. The molecule has 2 N–H and O–H groups in total. The maximum atomic E-state index is 12.3. The lowest BCUT2D eigenvalue weighted by molar-refractivity contribution is -0.123. The molecule has 2 aromatic carbocycles. The van der Waals surface area contributed by atoms with Crippen LogP contribution in [0.25, 0.3) is 0 Å². The quantitative estimate of drug-likeness (QED) is 0.672. The van der Waals surface area contributed by atoms with E-state index in [0.29, 0.717) is 13.1 Å². The van der Waals surface area contributed by atoms with Crippen molar-refractivity contribution < 1.29 is 9.59 Å². The lowest BCUT2D eigenvalue weighted by atomic mass is 10.1. The Bertz CT molecular complexity index is 806. The van der Waals surface area contributed by atoms with Crippen molar-refractivity contribution in [2.24, 2.45) is 0 Å². The third-order valence-electron chi connectivity index (χ3n) is 4.41.